The van der Waals surface area contributed by atoms with Crippen molar-refractivity contribution in [1.29, 1.82) is 0 Å². The third kappa shape index (κ3) is 3.50. The average molecular weight is 337 g/mol. The van der Waals surface area contributed by atoms with Crippen LogP contribution in [0.4, 0.5) is 0 Å². The monoisotopic (exact) mass is 337 g/mol. The lowest BCUT2D eigenvalue weighted by Crippen LogP contribution is -2.04. The molecule has 2 heterocycles. The first-order chi connectivity index (χ1) is 12.0. The molecular weight excluding hydrogens is 314 g/mol. The molecule has 5 heteroatoms. The van der Waals surface area contributed by atoms with Crippen molar-refractivity contribution in [1.82, 2.24) is 14.5 Å². The summed E-state index contributed by atoms with van der Waals surface area (Å²) < 4.78 is 13.2. The van der Waals surface area contributed by atoms with Gasteiger partial charge >= 0.3 is 0 Å². The van der Waals surface area contributed by atoms with Crippen LogP contribution in [0.3, 0.4) is 0 Å². The van der Waals surface area contributed by atoms with Crippen molar-refractivity contribution in [3.8, 4) is 22.9 Å². The van der Waals surface area contributed by atoms with E-state index in [-0.39, 0.29) is 0 Å². The molecule has 0 spiro atoms. The molecule has 0 radical (unpaired) electrons. The van der Waals surface area contributed by atoms with Gasteiger partial charge in [0.1, 0.15) is 5.82 Å². The predicted octanol–water partition coefficient (Wildman–Crippen LogP) is 3.94. The van der Waals surface area contributed by atoms with Crippen molar-refractivity contribution >= 4 is 0 Å². The molecule has 25 heavy (non-hydrogen) atoms. The van der Waals surface area contributed by atoms with Crippen LogP contribution in [0.1, 0.15) is 22.5 Å². The molecule has 0 saturated carbocycles. The van der Waals surface area contributed by atoms with Gasteiger partial charge in [0.25, 0.3) is 0 Å². The highest BCUT2D eigenvalue weighted by molar-refractivity contribution is 5.70. The van der Waals surface area contributed by atoms with Gasteiger partial charge in [0.05, 0.1) is 19.8 Å². The zero-order valence-electron chi connectivity index (χ0n) is 15.3. The molecule has 3 rings (SSSR count). The fraction of sp³-hybridized carbons (Fsp3) is 0.300. The minimum Gasteiger partial charge on any atom is -0.493 e. The lowest BCUT2D eigenvalue weighted by atomic mass is 10.1. The SMILES string of the molecule is COc1cc(C)cc(-c2nccn2Cc2cc(C)nc(C)c2)c1OC. The van der Waals surface area contributed by atoms with E-state index in [0.29, 0.717) is 11.5 Å². The Morgan fingerprint density at radius 3 is 2.32 bits per heavy atom. The molecular formula is C20H23N3O2. The Balaban J connectivity index is 2.06. The molecule has 0 saturated heterocycles. The summed E-state index contributed by atoms with van der Waals surface area (Å²) in [6, 6.07) is 8.24. The van der Waals surface area contributed by atoms with Crippen molar-refractivity contribution in [3.63, 3.8) is 0 Å². The smallest absolute Gasteiger partial charge is 0.171 e. The maximum atomic E-state index is 5.60. The lowest BCUT2D eigenvalue weighted by Gasteiger charge is -2.15. The summed E-state index contributed by atoms with van der Waals surface area (Å²) in [5.41, 5.74) is 5.26. The first kappa shape index (κ1) is 17.0. The summed E-state index contributed by atoms with van der Waals surface area (Å²) in [6.07, 6.45) is 3.79. The van der Waals surface area contributed by atoms with E-state index in [9.17, 15) is 0 Å². The Labute approximate surface area is 148 Å². The molecule has 0 unspecified atom stereocenters. The van der Waals surface area contributed by atoms with E-state index in [2.05, 4.69) is 32.7 Å². The van der Waals surface area contributed by atoms with Gasteiger partial charge in [-0.05, 0) is 56.2 Å². The Hall–Kier alpha value is -2.82. The number of hydrogen-bond donors (Lipinski definition) is 0. The van der Waals surface area contributed by atoms with E-state index < -0.39 is 0 Å². The zero-order chi connectivity index (χ0) is 18.0. The first-order valence-corrected chi connectivity index (χ1v) is 8.20. The molecule has 0 N–H and O–H groups in total. The van der Waals surface area contributed by atoms with Crippen molar-refractivity contribution in [3.05, 3.63) is 59.2 Å². The molecule has 1 aromatic carbocycles. The van der Waals surface area contributed by atoms with Gasteiger partial charge in [-0.25, -0.2) is 4.98 Å². The maximum Gasteiger partial charge on any atom is 0.171 e. The van der Waals surface area contributed by atoms with Crippen LogP contribution in [0.5, 0.6) is 11.5 Å². The van der Waals surface area contributed by atoms with Crippen LogP contribution in [-0.4, -0.2) is 28.8 Å². The van der Waals surface area contributed by atoms with Gasteiger partial charge in [0.2, 0.25) is 0 Å². The second-order valence-corrected chi connectivity index (χ2v) is 6.18. The van der Waals surface area contributed by atoms with Gasteiger partial charge in [0, 0.05) is 30.3 Å². The minimum atomic E-state index is 0.697. The largest absolute Gasteiger partial charge is 0.493 e. The number of pyridine rings is 1. The quantitative estimate of drug-likeness (QED) is 0.708. The molecule has 0 aliphatic heterocycles. The molecule has 0 aliphatic rings. The molecule has 0 amide bonds. The van der Waals surface area contributed by atoms with E-state index >= 15 is 0 Å². The number of nitrogens with zero attached hydrogens (tertiary/aromatic N) is 3. The third-order valence-electron chi connectivity index (χ3n) is 4.07. The molecule has 0 atom stereocenters. The van der Waals surface area contributed by atoms with Crippen molar-refractivity contribution in [2.75, 3.05) is 14.2 Å². The zero-order valence-corrected chi connectivity index (χ0v) is 15.3. The van der Waals surface area contributed by atoms with Crippen LogP contribution in [0.25, 0.3) is 11.4 Å². The van der Waals surface area contributed by atoms with E-state index in [1.54, 1.807) is 14.2 Å². The Kier molecular flexibility index (Phi) is 4.74. The molecule has 0 fully saturated rings. The number of benzene rings is 1. The highest BCUT2D eigenvalue weighted by atomic mass is 16.5. The maximum absolute atomic E-state index is 5.60. The molecule has 130 valence electrons. The van der Waals surface area contributed by atoms with Crippen molar-refractivity contribution in [2.45, 2.75) is 27.3 Å². The fourth-order valence-electron chi connectivity index (χ4n) is 3.16. The molecule has 3 aromatic rings. The van der Waals surface area contributed by atoms with Crippen LogP contribution >= 0.6 is 0 Å². The summed E-state index contributed by atoms with van der Waals surface area (Å²) in [5.74, 6) is 2.26. The minimum absolute atomic E-state index is 0.697. The molecule has 5 nitrogen and oxygen atoms in total. The van der Waals surface area contributed by atoms with Crippen molar-refractivity contribution in [2.24, 2.45) is 0 Å². The fourth-order valence-corrected chi connectivity index (χ4v) is 3.16. The van der Waals surface area contributed by atoms with Gasteiger partial charge < -0.3 is 14.0 Å². The number of aryl methyl sites for hydroxylation is 3. The number of methoxy groups -OCH3 is 2. The van der Waals surface area contributed by atoms with Gasteiger partial charge in [-0.15, -0.1) is 0 Å². The van der Waals surface area contributed by atoms with Gasteiger partial charge in [0.15, 0.2) is 11.5 Å². The predicted molar refractivity (Wildman–Crippen MR) is 98.3 cm³/mol. The second kappa shape index (κ2) is 6.97. The van der Waals surface area contributed by atoms with E-state index in [0.717, 1.165) is 34.9 Å². The number of aromatic nitrogens is 3. The summed E-state index contributed by atoms with van der Waals surface area (Å²) in [7, 11) is 3.30. The standard InChI is InChI=1S/C20H23N3O2/c1-13-8-17(19(25-5)18(9-13)24-4)20-21-6-7-23(20)12-16-10-14(2)22-15(3)11-16/h6-11H,12H2,1-5H3. The topological polar surface area (TPSA) is 49.2 Å². The molecule has 2 aromatic heterocycles. The Bertz CT molecular complexity index is 880. The highest BCUT2D eigenvalue weighted by Gasteiger charge is 2.17. The lowest BCUT2D eigenvalue weighted by molar-refractivity contribution is 0.355. The third-order valence-corrected chi connectivity index (χ3v) is 4.07. The average Bonchev–Trinajstić information content (AvgIpc) is 3.00. The van der Waals surface area contributed by atoms with Crippen LogP contribution in [0.15, 0.2) is 36.7 Å². The highest BCUT2D eigenvalue weighted by Crippen LogP contribution is 2.38. The van der Waals surface area contributed by atoms with E-state index in [1.165, 1.54) is 5.56 Å². The number of ether oxygens (including phenoxy) is 2. The van der Waals surface area contributed by atoms with Crippen LogP contribution in [0, 0.1) is 20.8 Å². The summed E-state index contributed by atoms with van der Waals surface area (Å²) >= 11 is 0. The molecule has 0 bridgehead atoms. The Morgan fingerprint density at radius 2 is 1.68 bits per heavy atom. The number of hydrogen-bond acceptors (Lipinski definition) is 4. The Morgan fingerprint density at radius 1 is 0.960 bits per heavy atom. The van der Waals surface area contributed by atoms with Crippen LogP contribution in [0.2, 0.25) is 0 Å². The molecule has 0 aliphatic carbocycles. The van der Waals surface area contributed by atoms with Crippen LogP contribution in [-0.2, 0) is 6.54 Å². The van der Waals surface area contributed by atoms with Crippen molar-refractivity contribution < 1.29 is 9.47 Å². The normalized spacial score (nSPS) is 10.8. The van der Waals surface area contributed by atoms with Gasteiger partial charge in [-0.1, -0.05) is 0 Å². The number of rotatable bonds is 5. The summed E-state index contributed by atoms with van der Waals surface area (Å²) in [4.78, 5) is 9.01. The van der Waals surface area contributed by atoms with E-state index in [1.807, 2.05) is 39.2 Å². The summed E-state index contributed by atoms with van der Waals surface area (Å²) in [6.45, 7) is 6.78. The van der Waals surface area contributed by atoms with Crippen LogP contribution < -0.4 is 9.47 Å². The summed E-state index contributed by atoms with van der Waals surface area (Å²) in [5, 5.41) is 0. The second-order valence-electron chi connectivity index (χ2n) is 6.18. The first-order valence-electron chi connectivity index (χ1n) is 8.20. The number of imidazole rings is 1. The van der Waals surface area contributed by atoms with E-state index in [4.69, 9.17) is 9.47 Å². The van der Waals surface area contributed by atoms with Gasteiger partial charge in [-0.3, -0.25) is 4.98 Å². The van der Waals surface area contributed by atoms with Gasteiger partial charge in [-0.2, -0.15) is 0 Å².